The molecule has 0 saturated heterocycles. The summed E-state index contributed by atoms with van der Waals surface area (Å²) in [5.74, 6) is -0.254. The predicted molar refractivity (Wildman–Crippen MR) is 135 cm³/mol. The summed E-state index contributed by atoms with van der Waals surface area (Å²) in [6.07, 6.45) is 0.649. The molecule has 4 aromatic rings. The van der Waals surface area contributed by atoms with E-state index >= 15 is 0 Å². The summed E-state index contributed by atoms with van der Waals surface area (Å²) in [4.78, 5) is 23.4. The van der Waals surface area contributed by atoms with Gasteiger partial charge in [-0.05, 0) is 42.8 Å². The number of amides is 2. The van der Waals surface area contributed by atoms with Gasteiger partial charge >= 0.3 is 0 Å². The lowest BCUT2D eigenvalue weighted by Gasteiger charge is -2.15. The minimum atomic E-state index is -0.129. The quantitative estimate of drug-likeness (QED) is 0.184. The molecule has 174 valence electrons. The standard InChI is InChI=1S/C27H28N4O3/c1-18(33)29-21-9-11-23-24-12-10-22(30-19(2)34)16-26(24)31(17-28-13-6-14-32)27(25(23)15-21)20-7-4-3-5-8-20/h3-5,7-12,15-16,28,32H,6,13-14,17H2,1-2H3,(H,29,33)/p+1. The Kier molecular flexibility index (Phi) is 7.15. The number of pyridine rings is 1. The molecule has 1 heterocycles. The normalized spacial score (nSPS) is 11.0. The summed E-state index contributed by atoms with van der Waals surface area (Å²) in [5.41, 5.74) is 4.43. The van der Waals surface area contributed by atoms with Gasteiger partial charge in [0.05, 0.1) is 10.8 Å². The molecule has 0 saturated carbocycles. The van der Waals surface area contributed by atoms with Gasteiger partial charge in [0.15, 0.2) is 0 Å². The molecule has 0 radical (unpaired) electrons. The van der Waals surface area contributed by atoms with E-state index in [0.717, 1.165) is 44.3 Å². The highest BCUT2D eigenvalue weighted by Gasteiger charge is 2.24. The van der Waals surface area contributed by atoms with Gasteiger partial charge in [-0.15, -0.1) is 0 Å². The molecule has 0 bridgehead atoms. The van der Waals surface area contributed by atoms with E-state index in [1.54, 1.807) is 0 Å². The maximum absolute atomic E-state index is 11.7. The first-order chi connectivity index (χ1) is 16.5. The number of aromatic nitrogens is 1. The molecule has 3 aromatic carbocycles. The molecule has 4 rings (SSSR count). The Hall–Kier alpha value is -3.81. The van der Waals surface area contributed by atoms with Crippen molar-refractivity contribution in [3.8, 4) is 11.3 Å². The minimum Gasteiger partial charge on any atom is -0.396 e. The molecule has 0 aliphatic heterocycles. The fourth-order valence-electron chi connectivity index (χ4n) is 4.25. The fraction of sp³-hybridized carbons (Fsp3) is 0.222. The summed E-state index contributed by atoms with van der Waals surface area (Å²) >= 11 is 0. The molecule has 0 aliphatic rings. The predicted octanol–water partition coefficient (Wildman–Crippen LogP) is 3.79. The summed E-state index contributed by atoms with van der Waals surface area (Å²) in [7, 11) is 0. The summed E-state index contributed by atoms with van der Waals surface area (Å²) in [6.45, 7) is 4.28. The number of carbonyl (C=O) groups is 2. The number of aliphatic hydroxyl groups excluding tert-OH is 1. The molecular weight excluding hydrogens is 428 g/mol. The van der Waals surface area contributed by atoms with E-state index in [-0.39, 0.29) is 18.4 Å². The second-order valence-corrected chi connectivity index (χ2v) is 8.23. The van der Waals surface area contributed by atoms with Crippen molar-refractivity contribution in [1.82, 2.24) is 5.32 Å². The lowest BCUT2D eigenvalue weighted by Crippen LogP contribution is -2.44. The molecule has 0 spiro atoms. The first kappa shape index (κ1) is 23.4. The Morgan fingerprint density at radius 3 is 2.12 bits per heavy atom. The van der Waals surface area contributed by atoms with E-state index in [4.69, 9.17) is 0 Å². The van der Waals surface area contributed by atoms with Gasteiger partial charge in [0, 0.05) is 55.4 Å². The molecule has 1 aromatic heterocycles. The Labute approximate surface area is 198 Å². The van der Waals surface area contributed by atoms with E-state index < -0.39 is 0 Å². The summed E-state index contributed by atoms with van der Waals surface area (Å²) in [6, 6.07) is 21.9. The largest absolute Gasteiger partial charge is 0.396 e. The van der Waals surface area contributed by atoms with E-state index in [0.29, 0.717) is 19.6 Å². The van der Waals surface area contributed by atoms with Crippen molar-refractivity contribution in [1.29, 1.82) is 0 Å². The number of carbonyl (C=O) groups excluding carboxylic acids is 2. The molecular formula is C27H29N4O3+. The highest BCUT2D eigenvalue weighted by molar-refractivity contribution is 6.11. The zero-order chi connectivity index (χ0) is 24.1. The molecule has 0 fully saturated rings. The first-order valence-electron chi connectivity index (χ1n) is 11.3. The Balaban J connectivity index is 2.04. The number of nitrogens with one attached hydrogen (secondary N) is 3. The van der Waals surface area contributed by atoms with Gasteiger partial charge < -0.3 is 15.7 Å². The molecule has 4 N–H and O–H groups in total. The highest BCUT2D eigenvalue weighted by atomic mass is 16.3. The van der Waals surface area contributed by atoms with Crippen LogP contribution < -0.4 is 20.5 Å². The Morgan fingerprint density at radius 1 is 0.824 bits per heavy atom. The third-order valence-electron chi connectivity index (χ3n) is 5.59. The number of hydrogen-bond donors (Lipinski definition) is 4. The second kappa shape index (κ2) is 10.4. The van der Waals surface area contributed by atoms with Crippen molar-refractivity contribution in [3.63, 3.8) is 0 Å². The van der Waals surface area contributed by atoms with Gasteiger partial charge in [-0.3, -0.25) is 14.9 Å². The van der Waals surface area contributed by atoms with Crippen molar-refractivity contribution < 1.29 is 19.3 Å². The number of nitrogens with zero attached hydrogens (tertiary/aromatic N) is 1. The molecule has 34 heavy (non-hydrogen) atoms. The monoisotopic (exact) mass is 457 g/mol. The second-order valence-electron chi connectivity index (χ2n) is 8.23. The van der Waals surface area contributed by atoms with Gasteiger partial charge in [0.2, 0.25) is 29.7 Å². The minimum absolute atomic E-state index is 0.119. The fourth-order valence-corrected chi connectivity index (χ4v) is 4.25. The number of rotatable bonds is 8. The number of fused-ring (bicyclic) bond motifs is 3. The average molecular weight is 458 g/mol. The lowest BCUT2D eigenvalue weighted by atomic mass is 9.98. The number of hydrogen-bond acceptors (Lipinski definition) is 4. The van der Waals surface area contributed by atoms with Crippen LogP contribution >= 0.6 is 0 Å². The molecule has 0 unspecified atom stereocenters. The van der Waals surface area contributed by atoms with Crippen LogP contribution in [-0.2, 0) is 16.3 Å². The van der Waals surface area contributed by atoms with Crippen LogP contribution in [0.25, 0.3) is 32.9 Å². The van der Waals surface area contributed by atoms with Crippen LogP contribution in [0.15, 0.2) is 66.7 Å². The van der Waals surface area contributed by atoms with Crippen molar-refractivity contribution in [2.75, 3.05) is 23.8 Å². The first-order valence-corrected chi connectivity index (χ1v) is 11.3. The van der Waals surface area contributed by atoms with E-state index in [1.165, 1.54) is 13.8 Å². The topological polar surface area (TPSA) is 94.3 Å². The summed E-state index contributed by atoms with van der Waals surface area (Å²) in [5, 5.41) is 21.5. The molecule has 0 aliphatic carbocycles. The number of anilines is 2. The molecule has 2 amide bonds. The Morgan fingerprint density at radius 2 is 1.47 bits per heavy atom. The molecule has 7 heteroatoms. The van der Waals surface area contributed by atoms with Crippen LogP contribution in [0.5, 0.6) is 0 Å². The van der Waals surface area contributed by atoms with Crippen LogP contribution in [0.3, 0.4) is 0 Å². The Bertz CT molecular complexity index is 1350. The van der Waals surface area contributed by atoms with Gasteiger partial charge in [0.25, 0.3) is 0 Å². The van der Waals surface area contributed by atoms with Crippen LogP contribution in [0, 0.1) is 0 Å². The van der Waals surface area contributed by atoms with Gasteiger partial charge in [-0.2, -0.15) is 4.57 Å². The smallest absolute Gasteiger partial charge is 0.222 e. The van der Waals surface area contributed by atoms with Crippen LogP contribution in [-0.4, -0.2) is 30.1 Å². The zero-order valence-electron chi connectivity index (χ0n) is 19.4. The van der Waals surface area contributed by atoms with Crippen LogP contribution in [0.4, 0.5) is 11.4 Å². The van der Waals surface area contributed by atoms with Gasteiger partial charge in [0.1, 0.15) is 0 Å². The van der Waals surface area contributed by atoms with Crippen molar-refractivity contribution >= 4 is 44.9 Å². The van der Waals surface area contributed by atoms with E-state index in [9.17, 15) is 14.7 Å². The van der Waals surface area contributed by atoms with Gasteiger partial charge in [-0.25, -0.2) is 0 Å². The van der Waals surface area contributed by atoms with Crippen molar-refractivity contribution in [3.05, 3.63) is 66.7 Å². The maximum Gasteiger partial charge on any atom is 0.222 e. The third-order valence-corrected chi connectivity index (χ3v) is 5.59. The van der Waals surface area contributed by atoms with E-state index in [1.807, 2.05) is 54.6 Å². The average Bonchev–Trinajstić information content (AvgIpc) is 2.81. The lowest BCUT2D eigenvalue weighted by molar-refractivity contribution is -0.664. The summed E-state index contributed by atoms with van der Waals surface area (Å²) < 4.78 is 2.19. The zero-order valence-corrected chi connectivity index (χ0v) is 19.4. The molecule has 0 atom stereocenters. The number of aliphatic hydroxyl groups is 1. The van der Waals surface area contributed by atoms with Gasteiger partial charge in [-0.1, -0.05) is 24.3 Å². The third kappa shape index (κ3) is 5.06. The SMILES string of the molecule is CC(=O)Nc1ccc2c(c1)c(-c1ccccc1)[n+](CNCCCO)c1cc(NC(C)=O)ccc21. The van der Waals surface area contributed by atoms with Crippen LogP contribution in [0.2, 0.25) is 0 Å². The molecule has 7 nitrogen and oxygen atoms in total. The number of benzene rings is 3. The highest BCUT2D eigenvalue weighted by Crippen LogP contribution is 2.34. The van der Waals surface area contributed by atoms with E-state index in [2.05, 4.69) is 32.7 Å². The van der Waals surface area contributed by atoms with Crippen molar-refractivity contribution in [2.45, 2.75) is 26.9 Å². The maximum atomic E-state index is 11.7. The van der Waals surface area contributed by atoms with Crippen molar-refractivity contribution in [2.24, 2.45) is 0 Å². The van der Waals surface area contributed by atoms with Crippen LogP contribution in [0.1, 0.15) is 20.3 Å².